The molecule has 0 saturated heterocycles. The first-order chi connectivity index (χ1) is 9.02. The van der Waals surface area contributed by atoms with E-state index >= 15 is 0 Å². The van der Waals surface area contributed by atoms with E-state index < -0.39 is 24.3 Å². The van der Waals surface area contributed by atoms with Gasteiger partial charge in [-0.2, -0.15) is 0 Å². The molecule has 2 amide bonds. The molecule has 1 rings (SSSR count). The van der Waals surface area contributed by atoms with Gasteiger partial charge in [0, 0.05) is 6.42 Å². The normalized spacial score (nSPS) is 9.95. The molecule has 0 aromatic carbocycles. The predicted octanol–water partition coefficient (Wildman–Crippen LogP) is -1.31. The fourth-order valence-corrected chi connectivity index (χ4v) is 1.22. The Hall–Kier alpha value is -2.45. The second-order valence-corrected chi connectivity index (χ2v) is 3.71. The van der Waals surface area contributed by atoms with Crippen LogP contribution in [0.3, 0.4) is 0 Å². The van der Waals surface area contributed by atoms with E-state index in [-0.39, 0.29) is 12.4 Å². The standard InChI is InChI=1S/C10H15N5O4/c1-2-3-6-13-9(15-14-6)10(19)12-4-7(16)11-5-8(17)18/h2-5H2,1H3,(H,11,16)(H,12,19)(H,17,18)(H,13,14,15). The first-order valence-electron chi connectivity index (χ1n) is 5.71. The number of nitrogens with one attached hydrogen (secondary N) is 3. The maximum Gasteiger partial charge on any atom is 0.322 e. The number of nitrogens with zero attached hydrogens (tertiary/aromatic N) is 2. The summed E-state index contributed by atoms with van der Waals surface area (Å²) in [4.78, 5) is 36.9. The molecule has 0 fully saturated rings. The van der Waals surface area contributed by atoms with Crippen molar-refractivity contribution < 1.29 is 19.5 Å². The van der Waals surface area contributed by atoms with Gasteiger partial charge < -0.3 is 15.7 Å². The highest BCUT2D eigenvalue weighted by atomic mass is 16.4. The zero-order valence-electron chi connectivity index (χ0n) is 10.4. The number of H-pyrrole nitrogens is 1. The number of carboxylic acid groups (broad SMARTS) is 1. The zero-order valence-corrected chi connectivity index (χ0v) is 10.4. The van der Waals surface area contributed by atoms with E-state index in [2.05, 4.69) is 25.8 Å². The summed E-state index contributed by atoms with van der Waals surface area (Å²) in [7, 11) is 0. The van der Waals surface area contributed by atoms with Crippen molar-refractivity contribution in [3.8, 4) is 0 Å². The Kier molecular flexibility index (Phi) is 5.45. The van der Waals surface area contributed by atoms with Crippen molar-refractivity contribution in [1.29, 1.82) is 0 Å². The van der Waals surface area contributed by atoms with Gasteiger partial charge in [-0.15, -0.1) is 5.10 Å². The molecule has 0 spiro atoms. The summed E-state index contributed by atoms with van der Waals surface area (Å²) in [5, 5.41) is 19.1. The first-order valence-corrected chi connectivity index (χ1v) is 5.71. The molecule has 0 radical (unpaired) electrons. The number of aliphatic carboxylic acids is 1. The lowest BCUT2D eigenvalue weighted by Gasteiger charge is -2.02. The van der Waals surface area contributed by atoms with Gasteiger partial charge in [0.25, 0.3) is 5.91 Å². The lowest BCUT2D eigenvalue weighted by molar-refractivity contribution is -0.137. The topological polar surface area (TPSA) is 137 Å². The minimum absolute atomic E-state index is 0.0468. The van der Waals surface area contributed by atoms with Crippen molar-refractivity contribution in [1.82, 2.24) is 25.8 Å². The lowest BCUT2D eigenvalue weighted by atomic mass is 10.3. The van der Waals surface area contributed by atoms with Gasteiger partial charge in [-0.1, -0.05) is 6.92 Å². The average molecular weight is 269 g/mol. The fourth-order valence-electron chi connectivity index (χ4n) is 1.22. The molecule has 0 aliphatic carbocycles. The summed E-state index contributed by atoms with van der Waals surface area (Å²) >= 11 is 0. The number of hydrogen-bond donors (Lipinski definition) is 4. The van der Waals surface area contributed by atoms with E-state index in [9.17, 15) is 14.4 Å². The maximum atomic E-state index is 11.6. The monoisotopic (exact) mass is 269 g/mol. The van der Waals surface area contributed by atoms with Gasteiger partial charge in [-0.3, -0.25) is 19.5 Å². The number of hydrogen-bond acceptors (Lipinski definition) is 5. The molecule has 0 aliphatic heterocycles. The smallest absolute Gasteiger partial charge is 0.322 e. The van der Waals surface area contributed by atoms with Crippen LogP contribution in [0.2, 0.25) is 0 Å². The van der Waals surface area contributed by atoms with Gasteiger partial charge in [0.15, 0.2) is 0 Å². The highest BCUT2D eigenvalue weighted by Gasteiger charge is 2.13. The van der Waals surface area contributed by atoms with Crippen LogP contribution in [0, 0.1) is 0 Å². The molecular formula is C10H15N5O4. The van der Waals surface area contributed by atoms with E-state index in [0.717, 1.165) is 6.42 Å². The van der Waals surface area contributed by atoms with Gasteiger partial charge >= 0.3 is 5.97 Å². The number of carbonyl (C=O) groups is 3. The number of carbonyl (C=O) groups excluding carboxylic acids is 2. The Morgan fingerprint density at radius 1 is 1.26 bits per heavy atom. The van der Waals surface area contributed by atoms with Gasteiger partial charge in [-0.25, -0.2) is 4.98 Å². The van der Waals surface area contributed by atoms with E-state index in [1.54, 1.807) is 0 Å². The molecule has 4 N–H and O–H groups in total. The summed E-state index contributed by atoms with van der Waals surface area (Å²) in [6, 6.07) is 0. The highest BCUT2D eigenvalue weighted by Crippen LogP contribution is 1.96. The van der Waals surface area contributed by atoms with Crippen LogP contribution in [0.15, 0.2) is 0 Å². The SMILES string of the molecule is CCCc1nc(C(=O)NCC(=O)NCC(=O)O)n[nH]1. The fraction of sp³-hybridized carbons (Fsp3) is 0.500. The predicted molar refractivity (Wildman–Crippen MR) is 63.4 cm³/mol. The number of aryl methyl sites for hydroxylation is 1. The Morgan fingerprint density at radius 2 is 2.00 bits per heavy atom. The third kappa shape index (κ3) is 5.15. The van der Waals surface area contributed by atoms with Gasteiger partial charge in [0.2, 0.25) is 11.7 Å². The van der Waals surface area contributed by atoms with Crippen molar-refractivity contribution >= 4 is 17.8 Å². The molecule has 0 unspecified atom stereocenters. The lowest BCUT2D eigenvalue weighted by Crippen LogP contribution is -2.39. The van der Waals surface area contributed by atoms with Gasteiger partial charge in [-0.05, 0) is 6.42 Å². The van der Waals surface area contributed by atoms with E-state index in [4.69, 9.17) is 5.11 Å². The average Bonchev–Trinajstić information content (AvgIpc) is 2.82. The van der Waals surface area contributed by atoms with Crippen molar-refractivity contribution in [2.75, 3.05) is 13.1 Å². The molecular weight excluding hydrogens is 254 g/mol. The van der Waals surface area contributed by atoms with Crippen LogP contribution in [0.5, 0.6) is 0 Å². The molecule has 0 atom stereocenters. The zero-order chi connectivity index (χ0) is 14.3. The Labute approximate surface area is 108 Å². The van der Waals surface area contributed by atoms with Crippen molar-refractivity contribution in [3.05, 3.63) is 11.6 Å². The molecule has 1 heterocycles. The van der Waals surface area contributed by atoms with E-state index in [0.29, 0.717) is 12.2 Å². The Bertz CT molecular complexity index is 470. The third-order valence-electron chi connectivity index (χ3n) is 2.07. The molecule has 104 valence electrons. The Morgan fingerprint density at radius 3 is 2.63 bits per heavy atom. The molecule has 1 aromatic heterocycles. The molecule has 0 saturated carbocycles. The largest absolute Gasteiger partial charge is 0.480 e. The second-order valence-electron chi connectivity index (χ2n) is 3.71. The number of rotatable bonds is 7. The van der Waals surface area contributed by atoms with Gasteiger partial charge in [0.1, 0.15) is 12.4 Å². The van der Waals surface area contributed by atoms with Crippen LogP contribution in [0.25, 0.3) is 0 Å². The quantitative estimate of drug-likeness (QED) is 0.485. The molecule has 9 nitrogen and oxygen atoms in total. The first kappa shape index (κ1) is 14.6. The van der Waals surface area contributed by atoms with Crippen LogP contribution in [0.1, 0.15) is 29.8 Å². The highest BCUT2D eigenvalue weighted by molar-refractivity contribution is 5.93. The van der Waals surface area contributed by atoms with Crippen LogP contribution in [0.4, 0.5) is 0 Å². The number of aromatic nitrogens is 3. The molecule has 0 aliphatic rings. The minimum Gasteiger partial charge on any atom is -0.480 e. The second kappa shape index (κ2) is 7.09. The van der Waals surface area contributed by atoms with Crippen molar-refractivity contribution in [2.24, 2.45) is 0 Å². The van der Waals surface area contributed by atoms with Crippen LogP contribution >= 0.6 is 0 Å². The van der Waals surface area contributed by atoms with Crippen LogP contribution in [-0.2, 0) is 16.0 Å². The van der Waals surface area contributed by atoms with Crippen molar-refractivity contribution in [3.63, 3.8) is 0 Å². The molecule has 19 heavy (non-hydrogen) atoms. The maximum absolute atomic E-state index is 11.6. The van der Waals surface area contributed by atoms with E-state index in [1.165, 1.54) is 0 Å². The van der Waals surface area contributed by atoms with Crippen molar-refractivity contribution in [2.45, 2.75) is 19.8 Å². The summed E-state index contributed by atoms with van der Waals surface area (Å²) in [5.74, 6) is -1.79. The molecule has 1 aromatic rings. The third-order valence-corrected chi connectivity index (χ3v) is 2.07. The van der Waals surface area contributed by atoms with Crippen LogP contribution in [-0.4, -0.2) is 51.2 Å². The molecule has 0 bridgehead atoms. The Balaban J connectivity index is 2.37. The summed E-state index contributed by atoms with van der Waals surface area (Å²) in [6.07, 6.45) is 1.55. The summed E-state index contributed by atoms with van der Waals surface area (Å²) in [6.45, 7) is 1.15. The van der Waals surface area contributed by atoms with E-state index in [1.807, 2.05) is 6.92 Å². The molecule has 9 heteroatoms. The number of carboxylic acids is 1. The minimum atomic E-state index is -1.15. The summed E-state index contributed by atoms with van der Waals surface area (Å²) in [5.41, 5.74) is 0. The van der Waals surface area contributed by atoms with Crippen LogP contribution < -0.4 is 10.6 Å². The summed E-state index contributed by atoms with van der Waals surface area (Å²) < 4.78 is 0. The van der Waals surface area contributed by atoms with Gasteiger partial charge in [0.05, 0.1) is 6.54 Å². The number of aromatic amines is 1. The number of amides is 2.